The Morgan fingerprint density at radius 3 is 2.75 bits per heavy atom. The van der Waals surface area contributed by atoms with E-state index in [2.05, 4.69) is 42.6 Å². The SMILES string of the molecule is CNc1nc(NC2CCN(C)C2)nc(-n2cccn2)n1. The van der Waals surface area contributed by atoms with Crippen LogP contribution < -0.4 is 10.6 Å². The fraction of sp³-hybridized carbons (Fsp3) is 0.500. The third-order valence-corrected chi connectivity index (χ3v) is 3.28. The molecule has 1 unspecified atom stereocenters. The Balaban J connectivity index is 1.85. The van der Waals surface area contributed by atoms with E-state index < -0.39 is 0 Å². The van der Waals surface area contributed by atoms with Gasteiger partial charge < -0.3 is 15.5 Å². The molecule has 8 heteroatoms. The summed E-state index contributed by atoms with van der Waals surface area (Å²) in [4.78, 5) is 15.4. The number of likely N-dealkylation sites (tertiary alicyclic amines) is 1. The minimum absolute atomic E-state index is 0.373. The summed E-state index contributed by atoms with van der Waals surface area (Å²) in [5, 5.41) is 10.5. The summed E-state index contributed by atoms with van der Waals surface area (Å²) in [6.07, 6.45) is 4.60. The summed E-state index contributed by atoms with van der Waals surface area (Å²) < 4.78 is 1.62. The minimum atomic E-state index is 0.373. The molecule has 0 bridgehead atoms. The van der Waals surface area contributed by atoms with Crippen molar-refractivity contribution in [3.05, 3.63) is 18.5 Å². The van der Waals surface area contributed by atoms with Crippen molar-refractivity contribution < 1.29 is 0 Å². The van der Waals surface area contributed by atoms with E-state index >= 15 is 0 Å². The maximum atomic E-state index is 4.42. The Labute approximate surface area is 117 Å². The van der Waals surface area contributed by atoms with Gasteiger partial charge >= 0.3 is 0 Å². The molecule has 0 amide bonds. The lowest BCUT2D eigenvalue weighted by Crippen LogP contribution is -2.25. The van der Waals surface area contributed by atoms with Crippen molar-refractivity contribution in [1.29, 1.82) is 0 Å². The van der Waals surface area contributed by atoms with Crippen molar-refractivity contribution in [2.24, 2.45) is 0 Å². The van der Waals surface area contributed by atoms with Gasteiger partial charge in [0.05, 0.1) is 0 Å². The number of hydrogen-bond donors (Lipinski definition) is 2. The summed E-state index contributed by atoms with van der Waals surface area (Å²) in [6, 6.07) is 2.21. The van der Waals surface area contributed by atoms with Gasteiger partial charge in [-0.25, -0.2) is 4.68 Å². The third kappa shape index (κ3) is 2.69. The van der Waals surface area contributed by atoms with Gasteiger partial charge in [0.25, 0.3) is 5.95 Å². The standard InChI is InChI=1S/C12H18N8/c1-13-10-16-11(15-9-4-7-19(2)8-9)18-12(17-10)20-6-3-5-14-20/h3,5-6,9H,4,7-8H2,1-2H3,(H2,13,15,16,17,18). The number of nitrogens with zero attached hydrogens (tertiary/aromatic N) is 6. The average Bonchev–Trinajstić information content (AvgIpc) is 3.10. The summed E-state index contributed by atoms with van der Waals surface area (Å²) in [6.45, 7) is 2.09. The van der Waals surface area contributed by atoms with Crippen LogP contribution in [0.4, 0.5) is 11.9 Å². The molecule has 0 aromatic carbocycles. The third-order valence-electron chi connectivity index (χ3n) is 3.28. The highest BCUT2D eigenvalue weighted by Crippen LogP contribution is 2.14. The maximum Gasteiger partial charge on any atom is 0.257 e. The van der Waals surface area contributed by atoms with Crippen LogP contribution in [0.1, 0.15) is 6.42 Å². The first-order valence-corrected chi connectivity index (χ1v) is 6.63. The van der Waals surface area contributed by atoms with Gasteiger partial charge in [0.15, 0.2) is 0 Å². The monoisotopic (exact) mass is 274 g/mol. The Morgan fingerprint density at radius 2 is 2.10 bits per heavy atom. The second-order valence-electron chi connectivity index (χ2n) is 4.88. The molecule has 8 nitrogen and oxygen atoms in total. The molecule has 1 atom stereocenters. The van der Waals surface area contributed by atoms with Gasteiger partial charge in [-0.15, -0.1) is 0 Å². The topological polar surface area (TPSA) is 83.8 Å². The molecule has 0 aliphatic carbocycles. The molecule has 106 valence electrons. The number of likely N-dealkylation sites (N-methyl/N-ethyl adjacent to an activating group) is 1. The largest absolute Gasteiger partial charge is 0.357 e. The van der Waals surface area contributed by atoms with E-state index in [1.165, 1.54) is 0 Å². The molecule has 3 rings (SSSR count). The van der Waals surface area contributed by atoms with Crippen molar-refractivity contribution in [2.75, 3.05) is 37.8 Å². The van der Waals surface area contributed by atoms with Crippen molar-refractivity contribution >= 4 is 11.9 Å². The van der Waals surface area contributed by atoms with Crippen LogP contribution in [0.2, 0.25) is 0 Å². The number of nitrogens with one attached hydrogen (secondary N) is 2. The molecule has 1 saturated heterocycles. The maximum absolute atomic E-state index is 4.42. The highest BCUT2D eigenvalue weighted by atomic mass is 15.4. The summed E-state index contributed by atoms with van der Waals surface area (Å²) in [5.74, 6) is 1.61. The molecule has 0 radical (unpaired) electrons. The zero-order chi connectivity index (χ0) is 13.9. The van der Waals surface area contributed by atoms with Gasteiger partial charge in [0.2, 0.25) is 11.9 Å². The predicted molar refractivity (Wildman–Crippen MR) is 76.0 cm³/mol. The Kier molecular flexibility index (Phi) is 3.46. The molecule has 2 aromatic rings. The summed E-state index contributed by atoms with van der Waals surface area (Å²) in [5.41, 5.74) is 0. The molecule has 0 saturated carbocycles. The van der Waals surface area contributed by atoms with Crippen LogP contribution in [0.5, 0.6) is 0 Å². The summed E-state index contributed by atoms with van der Waals surface area (Å²) >= 11 is 0. The van der Waals surface area contributed by atoms with E-state index in [9.17, 15) is 0 Å². The lowest BCUT2D eigenvalue weighted by atomic mass is 10.3. The zero-order valence-electron chi connectivity index (χ0n) is 11.6. The Hall–Kier alpha value is -2.22. The number of anilines is 2. The smallest absolute Gasteiger partial charge is 0.257 e. The molecule has 0 spiro atoms. The van der Waals surface area contributed by atoms with E-state index in [0.29, 0.717) is 23.9 Å². The van der Waals surface area contributed by atoms with E-state index in [0.717, 1.165) is 19.5 Å². The second-order valence-corrected chi connectivity index (χ2v) is 4.88. The first-order chi connectivity index (χ1) is 9.74. The number of hydrogen-bond acceptors (Lipinski definition) is 7. The zero-order valence-corrected chi connectivity index (χ0v) is 11.6. The molecule has 2 aromatic heterocycles. The van der Waals surface area contributed by atoms with Gasteiger partial charge in [-0.05, 0) is 26.1 Å². The highest BCUT2D eigenvalue weighted by Gasteiger charge is 2.20. The molecule has 1 aliphatic rings. The Morgan fingerprint density at radius 1 is 1.25 bits per heavy atom. The van der Waals surface area contributed by atoms with Gasteiger partial charge in [0.1, 0.15) is 0 Å². The normalized spacial score (nSPS) is 19.2. The van der Waals surface area contributed by atoms with Crippen molar-refractivity contribution in [2.45, 2.75) is 12.5 Å². The molecular formula is C12H18N8. The first kappa shape index (κ1) is 12.8. The number of rotatable bonds is 4. The van der Waals surface area contributed by atoms with Crippen LogP contribution >= 0.6 is 0 Å². The van der Waals surface area contributed by atoms with Crippen LogP contribution in [0, 0.1) is 0 Å². The van der Waals surface area contributed by atoms with Crippen molar-refractivity contribution in [3.8, 4) is 5.95 Å². The first-order valence-electron chi connectivity index (χ1n) is 6.63. The van der Waals surface area contributed by atoms with Gasteiger partial charge in [-0.1, -0.05) is 0 Å². The molecular weight excluding hydrogens is 256 g/mol. The van der Waals surface area contributed by atoms with E-state index in [1.807, 2.05) is 12.3 Å². The van der Waals surface area contributed by atoms with Gasteiger partial charge in [-0.2, -0.15) is 20.1 Å². The van der Waals surface area contributed by atoms with E-state index in [-0.39, 0.29) is 0 Å². The molecule has 1 aliphatic heterocycles. The highest BCUT2D eigenvalue weighted by molar-refractivity contribution is 5.38. The van der Waals surface area contributed by atoms with Crippen LogP contribution in [0.15, 0.2) is 18.5 Å². The van der Waals surface area contributed by atoms with Crippen LogP contribution in [-0.4, -0.2) is 62.9 Å². The van der Waals surface area contributed by atoms with Crippen LogP contribution in [0.25, 0.3) is 5.95 Å². The van der Waals surface area contributed by atoms with Crippen molar-refractivity contribution in [3.63, 3.8) is 0 Å². The lowest BCUT2D eigenvalue weighted by molar-refractivity contribution is 0.414. The molecule has 3 heterocycles. The summed E-state index contributed by atoms with van der Waals surface area (Å²) in [7, 11) is 3.90. The van der Waals surface area contributed by atoms with Gasteiger partial charge in [-0.3, -0.25) is 0 Å². The minimum Gasteiger partial charge on any atom is -0.357 e. The number of aromatic nitrogens is 5. The van der Waals surface area contributed by atoms with E-state index in [1.54, 1.807) is 17.9 Å². The van der Waals surface area contributed by atoms with Crippen LogP contribution in [-0.2, 0) is 0 Å². The fourth-order valence-electron chi connectivity index (χ4n) is 2.27. The van der Waals surface area contributed by atoms with Crippen molar-refractivity contribution in [1.82, 2.24) is 29.6 Å². The second kappa shape index (κ2) is 5.41. The molecule has 1 fully saturated rings. The fourth-order valence-corrected chi connectivity index (χ4v) is 2.27. The molecule has 2 N–H and O–H groups in total. The average molecular weight is 274 g/mol. The van der Waals surface area contributed by atoms with E-state index in [4.69, 9.17) is 0 Å². The Bertz CT molecular complexity index is 567. The lowest BCUT2D eigenvalue weighted by Gasteiger charge is -2.13. The van der Waals surface area contributed by atoms with Crippen LogP contribution in [0.3, 0.4) is 0 Å². The van der Waals surface area contributed by atoms with Gasteiger partial charge in [0, 0.05) is 32.0 Å². The predicted octanol–water partition coefficient (Wildman–Crippen LogP) is 0.215. The molecule has 20 heavy (non-hydrogen) atoms. The quantitative estimate of drug-likeness (QED) is 0.824.